The van der Waals surface area contributed by atoms with Crippen LogP contribution in [0.5, 0.6) is 0 Å². The molecule has 1 unspecified atom stereocenters. The SMILES string of the molecule is CCC(C)(C)CC(=O)N1CCNCC1c1cccc(F)c1. The van der Waals surface area contributed by atoms with E-state index in [1.54, 1.807) is 6.07 Å². The molecule has 2 rings (SSSR count). The Labute approximate surface area is 126 Å². The van der Waals surface area contributed by atoms with Crippen LogP contribution in [0, 0.1) is 11.2 Å². The van der Waals surface area contributed by atoms with Gasteiger partial charge in [-0.15, -0.1) is 0 Å². The molecule has 0 bridgehead atoms. The minimum Gasteiger partial charge on any atom is -0.333 e. The number of hydrogen-bond acceptors (Lipinski definition) is 2. The Balaban J connectivity index is 2.17. The maximum Gasteiger partial charge on any atom is 0.223 e. The first-order valence-electron chi connectivity index (χ1n) is 7.68. The molecule has 1 aromatic rings. The smallest absolute Gasteiger partial charge is 0.223 e. The van der Waals surface area contributed by atoms with Gasteiger partial charge in [0.05, 0.1) is 6.04 Å². The summed E-state index contributed by atoms with van der Waals surface area (Å²) in [7, 11) is 0. The standard InChI is InChI=1S/C17H25FN2O/c1-4-17(2,3)11-16(21)20-9-8-19-12-15(20)13-6-5-7-14(18)10-13/h5-7,10,15,19H,4,8-9,11-12H2,1-3H3. The minimum atomic E-state index is -0.251. The van der Waals surface area contributed by atoms with E-state index in [0.717, 1.165) is 18.5 Å². The van der Waals surface area contributed by atoms with Crippen LogP contribution < -0.4 is 5.32 Å². The molecule has 1 amide bonds. The number of amides is 1. The molecule has 21 heavy (non-hydrogen) atoms. The third-order valence-electron chi connectivity index (χ3n) is 4.38. The van der Waals surface area contributed by atoms with Gasteiger partial charge in [0.2, 0.25) is 5.91 Å². The van der Waals surface area contributed by atoms with Crippen molar-refractivity contribution in [1.82, 2.24) is 10.2 Å². The molecular formula is C17H25FN2O. The fourth-order valence-corrected chi connectivity index (χ4v) is 2.65. The molecule has 0 radical (unpaired) electrons. The van der Waals surface area contributed by atoms with Gasteiger partial charge in [-0.25, -0.2) is 4.39 Å². The van der Waals surface area contributed by atoms with Gasteiger partial charge in [-0.2, -0.15) is 0 Å². The number of carbonyl (C=O) groups excluding carboxylic acids is 1. The Morgan fingerprint density at radius 2 is 2.24 bits per heavy atom. The highest BCUT2D eigenvalue weighted by molar-refractivity contribution is 5.77. The number of benzene rings is 1. The van der Waals surface area contributed by atoms with Crippen LogP contribution in [0.2, 0.25) is 0 Å². The Hall–Kier alpha value is -1.42. The molecule has 1 saturated heterocycles. The summed E-state index contributed by atoms with van der Waals surface area (Å²) in [6.07, 6.45) is 1.50. The zero-order chi connectivity index (χ0) is 15.5. The maximum atomic E-state index is 13.5. The highest BCUT2D eigenvalue weighted by Crippen LogP contribution is 2.29. The van der Waals surface area contributed by atoms with Crippen molar-refractivity contribution in [3.05, 3.63) is 35.6 Å². The van der Waals surface area contributed by atoms with Crippen LogP contribution >= 0.6 is 0 Å². The van der Waals surface area contributed by atoms with Crippen LogP contribution in [0.15, 0.2) is 24.3 Å². The zero-order valence-electron chi connectivity index (χ0n) is 13.2. The summed E-state index contributed by atoms with van der Waals surface area (Å²) in [6.45, 7) is 8.50. The Kier molecular flexibility index (Phi) is 4.99. The van der Waals surface area contributed by atoms with E-state index in [-0.39, 0.29) is 23.2 Å². The quantitative estimate of drug-likeness (QED) is 0.924. The lowest BCUT2D eigenvalue weighted by molar-refractivity contribution is -0.136. The molecule has 1 fully saturated rings. The molecule has 116 valence electrons. The lowest BCUT2D eigenvalue weighted by Gasteiger charge is -2.38. The average Bonchev–Trinajstić information content (AvgIpc) is 2.47. The van der Waals surface area contributed by atoms with Crippen LogP contribution in [0.25, 0.3) is 0 Å². The number of nitrogens with zero attached hydrogens (tertiary/aromatic N) is 1. The second kappa shape index (κ2) is 6.56. The van der Waals surface area contributed by atoms with Gasteiger partial charge in [-0.1, -0.05) is 39.3 Å². The first kappa shape index (κ1) is 16.0. The number of piperazine rings is 1. The van der Waals surface area contributed by atoms with Crippen LogP contribution in [0.1, 0.15) is 45.2 Å². The molecule has 1 aliphatic rings. The Morgan fingerprint density at radius 1 is 1.48 bits per heavy atom. The van der Waals surface area contributed by atoms with Gasteiger partial charge in [-0.05, 0) is 23.1 Å². The summed E-state index contributed by atoms with van der Waals surface area (Å²) in [5, 5.41) is 3.30. The van der Waals surface area contributed by atoms with Crippen molar-refractivity contribution in [3.63, 3.8) is 0 Å². The van der Waals surface area contributed by atoms with E-state index in [9.17, 15) is 9.18 Å². The largest absolute Gasteiger partial charge is 0.333 e. The molecule has 1 N–H and O–H groups in total. The monoisotopic (exact) mass is 292 g/mol. The van der Waals surface area contributed by atoms with Crippen LogP contribution in [-0.2, 0) is 4.79 Å². The van der Waals surface area contributed by atoms with Gasteiger partial charge in [-0.3, -0.25) is 4.79 Å². The summed E-state index contributed by atoms with van der Waals surface area (Å²) >= 11 is 0. The van der Waals surface area contributed by atoms with Gasteiger partial charge >= 0.3 is 0 Å². The highest BCUT2D eigenvalue weighted by Gasteiger charge is 2.31. The number of hydrogen-bond donors (Lipinski definition) is 1. The van der Waals surface area contributed by atoms with Gasteiger partial charge < -0.3 is 10.2 Å². The first-order chi connectivity index (χ1) is 9.93. The fraction of sp³-hybridized carbons (Fsp3) is 0.588. The van der Waals surface area contributed by atoms with Crippen LogP contribution in [0.4, 0.5) is 4.39 Å². The fourth-order valence-electron chi connectivity index (χ4n) is 2.65. The molecular weight excluding hydrogens is 267 g/mol. The predicted molar refractivity (Wildman–Crippen MR) is 82.4 cm³/mol. The number of rotatable bonds is 4. The molecule has 1 heterocycles. The second-order valence-corrected chi connectivity index (χ2v) is 6.56. The third kappa shape index (κ3) is 4.03. The maximum absolute atomic E-state index is 13.5. The molecule has 4 heteroatoms. The van der Waals surface area contributed by atoms with Crippen molar-refractivity contribution in [2.75, 3.05) is 19.6 Å². The third-order valence-corrected chi connectivity index (χ3v) is 4.38. The molecule has 1 aliphatic heterocycles. The molecule has 1 aromatic carbocycles. The lowest BCUT2D eigenvalue weighted by atomic mass is 9.85. The van der Waals surface area contributed by atoms with E-state index in [1.165, 1.54) is 12.1 Å². The van der Waals surface area contributed by atoms with Crippen molar-refractivity contribution in [3.8, 4) is 0 Å². The van der Waals surface area contributed by atoms with Crippen molar-refractivity contribution < 1.29 is 9.18 Å². The Bertz CT molecular complexity index is 501. The van der Waals surface area contributed by atoms with Crippen molar-refractivity contribution >= 4 is 5.91 Å². The molecule has 0 aliphatic carbocycles. The van der Waals surface area contributed by atoms with E-state index in [2.05, 4.69) is 26.1 Å². The van der Waals surface area contributed by atoms with Crippen LogP contribution in [0.3, 0.4) is 0 Å². The topological polar surface area (TPSA) is 32.3 Å². The summed E-state index contributed by atoms with van der Waals surface area (Å²) in [4.78, 5) is 14.6. The summed E-state index contributed by atoms with van der Waals surface area (Å²) in [5.74, 6) is -0.0861. The Morgan fingerprint density at radius 3 is 2.90 bits per heavy atom. The number of carbonyl (C=O) groups is 1. The lowest BCUT2D eigenvalue weighted by Crippen LogP contribution is -2.49. The van der Waals surface area contributed by atoms with Crippen molar-refractivity contribution in [1.29, 1.82) is 0 Å². The van der Waals surface area contributed by atoms with E-state index in [4.69, 9.17) is 0 Å². The van der Waals surface area contributed by atoms with Crippen LogP contribution in [-0.4, -0.2) is 30.4 Å². The van der Waals surface area contributed by atoms with Gasteiger partial charge in [0.15, 0.2) is 0 Å². The minimum absolute atomic E-state index is 0.00838. The summed E-state index contributed by atoms with van der Waals surface area (Å²) in [5.41, 5.74) is 0.874. The van der Waals surface area contributed by atoms with Crippen molar-refractivity contribution in [2.24, 2.45) is 5.41 Å². The highest BCUT2D eigenvalue weighted by atomic mass is 19.1. The molecule has 0 aromatic heterocycles. The average molecular weight is 292 g/mol. The zero-order valence-corrected chi connectivity index (χ0v) is 13.2. The normalized spacial score (nSPS) is 19.6. The predicted octanol–water partition coefficient (Wildman–Crippen LogP) is 3.12. The van der Waals surface area contributed by atoms with E-state index in [1.807, 2.05) is 11.0 Å². The number of halogens is 1. The van der Waals surface area contributed by atoms with E-state index >= 15 is 0 Å². The summed E-state index contributed by atoms with van der Waals surface area (Å²) in [6, 6.07) is 6.49. The van der Waals surface area contributed by atoms with E-state index in [0.29, 0.717) is 19.5 Å². The molecule has 0 spiro atoms. The first-order valence-corrected chi connectivity index (χ1v) is 7.68. The van der Waals surface area contributed by atoms with Gasteiger partial charge in [0.1, 0.15) is 5.82 Å². The number of nitrogens with one attached hydrogen (secondary N) is 1. The summed E-state index contributed by atoms with van der Waals surface area (Å²) < 4.78 is 13.5. The molecule has 0 saturated carbocycles. The molecule has 3 nitrogen and oxygen atoms in total. The molecule has 1 atom stereocenters. The van der Waals surface area contributed by atoms with Gasteiger partial charge in [0.25, 0.3) is 0 Å². The second-order valence-electron chi connectivity index (χ2n) is 6.56. The van der Waals surface area contributed by atoms with Gasteiger partial charge in [0, 0.05) is 26.1 Å². The van der Waals surface area contributed by atoms with Crippen molar-refractivity contribution in [2.45, 2.75) is 39.7 Å². The van der Waals surface area contributed by atoms with E-state index < -0.39 is 0 Å².